The largest absolute Gasteiger partial charge is 0.493 e. The van der Waals surface area contributed by atoms with E-state index in [1.807, 2.05) is 11.8 Å². The maximum atomic E-state index is 12.5. The number of carbonyl (C=O) groups is 2. The van der Waals surface area contributed by atoms with Crippen LogP contribution >= 0.6 is 0 Å². The van der Waals surface area contributed by atoms with Crippen molar-refractivity contribution in [1.82, 2.24) is 14.9 Å². The molecule has 10 heteroatoms. The molecule has 2 heterocycles. The summed E-state index contributed by atoms with van der Waals surface area (Å²) in [6, 6.07) is 5.27. The van der Waals surface area contributed by atoms with Gasteiger partial charge in [-0.3, -0.25) is 15.0 Å². The highest BCUT2D eigenvalue weighted by molar-refractivity contribution is 6.16. The number of ketones is 1. The number of aromatic nitrogens is 2. The van der Waals surface area contributed by atoms with E-state index in [0.29, 0.717) is 54.4 Å². The standard InChI is InChI=1S/C25H34N6O4/c1-4-5-18(32)7-9-21(33)31-12-10-17(11-13-31)30-25-22(24(27)28-15-29-25)23(26)16-6-8-19(34-2)20(14-16)35-3/h6,8,14-15,17,26H,4-5,7,9-13H2,1-3H3,(H3,27,28,29,30). The van der Waals surface area contributed by atoms with Crippen LogP contribution in [0.15, 0.2) is 24.5 Å². The minimum absolute atomic E-state index is 0.0232. The van der Waals surface area contributed by atoms with Crippen LogP contribution in [-0.2, 0) is 9.59 Å². The minimum atomic E-state index is 0.0232. The second kappa shape index (κ2) is 12.1. The molecule has 1 saturated heterocycles. The van der Waals surface area contributed by atoms with Crippen molar-refractivity contribution in [2.24, 2.45) is 0 Å². The molecule has 0 aliphatic carbocycles. The molecule has 10 nitrogen and oxygen atoms in total. The second-order valence-electron chi connectivity index (χ2n) is 8.52. The van der Waals surface area contributed by atoms with Gasteiger partial charge in [-0.05, 0) is 37.5 Å². The number of hydrogen-bond donors (Lipinski definition) is 3. The Kier molecular flexibility index (Phi) is 8.99. The number of amides is 1. The average molecular weight is 483 g/mol. The molecule has 1 fully saturated rings. The Labute approximate surface area is 205 Å². The number of benzene rings is 1. The Hall–Kier alpha value is -3.69. The molecule has 0 atom stereocenters. The predicted molar refractivity (Wildman–Crippen MR) is 134 cm³/mol. The van der Waals surface area contributed by atoms with E-state index in [1.165, 1.54) is 6.33 Å². The molecule has 3 rings (SSSR count). The highest BCUT2D eigenvalue weighted by Gasteiger charge is 2.25. The summed E-state index contributed by atoms with van der Waals surface area (Å²) >= 11 is 0. The van der Waals surface area contributed by atoms with Crippen LogP contribution in [-0.4, -0.2) is 65.6 Å². The molecule has 0 spiro atoms. The molecular weight excluding hydrogens is 448 g/mol. The number of hydrogen-bond acceptors (Lipinski definition) is 9. The van der Waals surface area contributed by atoms with E-state index in [9.17, 15) is 9.59 Å². The number of piperidine rings is 1. The van der Waals surface area contributed by atoms with Gasteiger partial charge in [0.05, 0.1) is 25.5 Å². The van der Waals surface area contributed by atoms with E-state index >= 15 is 0 Å². The van der Waals surface area contributed by atoms with Gasteiger partial charge in [-0.25, -0.2) is 9.97 Å². The molecule has 1 amide bonds. The number of Topliss-reactive ketones (excluding diaryl/α,β-unsaturated/α-hetero) is 1. The summed E-state index contributed by atoms with van der Waals surface area (Å²) in [5.41, 5.74) is 7.32. The van der Waals surface area contributed by atoms with Crippen molar-refractivity contribution in [3.63, 3.8) is 0 Å². The van der Waals surface area contributed by atoms with E-state index in [1.54, 1.807) is 32.4 Å². The smallest absolute Gasteiger partial charge is 0.223 e. The minimum Gasteiger partial charge on any atom is -0.493 e. The fourth-order valence-corrected chi connectivity index (χ4v) is 4.17. The number of nitrogens with two attached hydrogens (primary N) is 1. The summed E-state index contributed by atoms with van der Waals surface area (Å²) in [7, 11) is 3.09. The topological polar surface area (TPSA) is 144 Å². The van der Waals surface area contributed by atoms with Crippen LogP contribution in [0.25, 0.3) is 0 Å². The number of nitrogens with one attached hydrogen (secondary N) is 2. The van der Waals surface area contributed by atoms with E-state index in [-0.39, 0.29) is 35.7 Å². The van der Waals surface area contributed by atoms with Gasteiger partial charge >= 0.3 is 0 Å². The molecule has 35 heavy (non-hydrogen) atoms. The monoisotopic (exact) mass is 482 g/mol. The van der Waals surface area contributed by atoms with E-state index < -0.39 is 0 Å². The van der Waals surface area contributed by atoms with E-state index in [4.69, 9.17) is 20.6 Å². The average Bonchev–Trinajstić information content (AvgIpc) is 2.87. The third-order valence-corrected chi connectivity index (χ3v) is 6.13. The Bertz CT molecular complexity index is 1070. The third kappa shape index (κ3) is 6.46. The highest BCUT2D eigenvalue weighted by atomic mass is 16.5. The van der Waals surface area contributed by atoms with Crippen LogP contribution in [0.4, 0.5) is 11.6 Å². The van der Waals surface area contributed by atoms with Gasteiger partial charge in [0, 0.05) is 44.0 Å². The summed E-state index contributed by atoms with van der Waals surface area (Å²) < 4.78 is 10.7. The number of ether oxygens (including phenoxy) is 2. The highest BCUT2D eigenvalue weighted by Crippen LogP contribution is 2.30. The molecule has 4 N–H and O–H groups in total. The maximum Gasteiger partial charge on any atom is 0.223 e. The fourth-order valence-electron chi connectivity index (χ4n) is 4.17. The summed E-state index contributed by atoms with van der Waals surface area (Å²) in [6.07, 6.45) is 4.74. The van der Waals surface area contributed by atoms with Crippen LogP contribution in [0.5, 0.6) is 11.5 Å². The number of nitrogens with zero attached hydrogens (tertiary/aromatic N) is 3. The molecule has 0 unspecified atom stereocenters. The number of rotatable bonds is 11. The lowest BCUT2D eigenvalue weighted by Gasteiger charge is -2.33. The van der Waals surface area contributed by atoms with Crippen molar-refractivity contribution < 1.29 is 19.1 Å². The first kappa shape index (κ1) is 25.9. The Balaban J connectivity index is 1.67. The second-order valence-corrected chi connectivity index (χ2v) is 8.52. The normalized spacial score (nSPS) is 13.9. The molecule has 1 aliphatic rings. The Morgan fingerprint density at radius 2 is 1.83 bits per heavy atom. The zero-order valence-electron chi connectivity index (χ0n) is 20.6. The van der Waals surface area contributed by atoms with Crippen molar-refractivity contribution in [2.45, 2.75) is 51.5 Å². The van der Waals surface area contributed by atoms with Crippen LogP contribution in [0.2, 0.25) is 0 Å². The predicted octanol–water partition coefficient (Wildman–Crippen LogP) is 3.04. The number of nitrogen functional groups attached to an aromatic ring is 1. The third-order valence-electron chi connectivity index (χ3n) is 6.13. The van der Waals surface area contributed by atoms with E-state index in [2.05, 4.69) is 15.3 Å². The molecule has 1 aromatic heterocycles. The van der Waals surface area contributed by atoms with Crippen LogP contribution in [0.3, 0.4) is 0 Å². The summed E-state index contributed by atoms with van der Waals surface area (Å²) in [6.45, 7) is 3.16. The molecule has 188 valence electrons. The van der Waals surface area contributed by atoms with Crippen molar-refractivity contribution in [1.29, 1.82) is 5.41 Å². The SMILES string of the molecule is CCCC(=O)CCC(=O)N1CCC(Nc2ncnc(N)c2C(=N)c2ccc(OC)c(OC)c2)CC1. The molecule has 1 aliphatic heterocycles. The Morgan fingerprint density at radius 3 is 2.49 bits per heavy atom. The first-order valence-electron chi connectivity index (χ1n) is 11.9. The lowest BCUT2D eigenvalue weighted by atomic mass is 10.0. The molecule has 0 saturated carbocycles. The van der Waals surface area contributed by atoms with Crippen molar-refractivity contribution in [3.05, 3.63) is 35.7 Å². The Morgan fingerprint density at radius 1 is 1.11 bits per heavy atom. The first-order valence-corrected chi connectivity index (χ1v) is 11.9. The lowest BCUT2D eigenvalue weighted by Crippen LogP contribution is -2.42. The van der Waals surface area contributed by atoms with Gasteiger partial charge in [0.25, 0.3) is 0 Å². The molecule has 0 bridgehead atoms. The summed E-state index contributed by atoms with van der Waals surface area (Å²) in [5, 5.41) is 12.2. The van der Waals surface area contributed by atoms with Gasteiger partial charge in [0.2, 0.25) is 5.91 Å². The molecule has 2 aromatic rings. The molecule has 0 radical (unpaired) electrons. The van der Waals surface area contributed by atoms with Gasteiger partial charge in [-0.2, -0.15) is 0 Å². The van der Waals surface area contributed by atoms with Gasteiger partial charge in [0.1, 0.15) is 23.7 Å². The van der Waals surface area contributed by atoms with Crippen molar-refractivity contribution in [3.8, 4) is 11.5 Å². The van der Waals surface area contributed by atoms with Crippen LogP contribution in [0, 0.1) is 5.41 Å². The van der Waals surface area contributed by atoms with E-state index in [0.717, 1.165) is 19.3 Å². The zero-order valence-corrected chi connectivity index (χ0v) is 20.6. The number of anilines is 2. The first-order chi connectivity index (χ1) is 16.9. The van der Waals surface area contributed by atoms with Gasteiger partial charge in [0.15, 0.2) is 11.5 Å². The van der Waals surface area contributed by atoms with Crippen molar-refractivity contribution in [2.75, 3.05) is 38.4 Å². The lowest BCUT2D eigenvalue weighted by molar-refractivity contribution is -0.134. The van der Waals surface area contributed by atoms with Crippen LogP contribution in [0.1, 0.15) is 56.6 Å². The van der Waals surface area contributed by atoms with Gasteiger partial charge < -0.3 is 25.4 Å². The maximum absolute atomic E-state index is 12.5. The summed E-state index contributed by atoms with van der Waals surface area (Å²) in [4.78, 5) is 34.5. The van der Waals surface area contributed by atoms with Gasteiger partial charge in [-0.15, -0.1) is 0 Å². The zero-order chi connectivity index (χ0) is 25.4. The number of carbonyl (C=O) groups excluding carboxylic acids is 2. The van der Waals surface area contributed by atoms with Crippen LogP contribution < -0.4 is 20.5 Å². The molecule has 1 aromatic carbocycles. The number of methoxy groups -OCH3 is 2. The van der Waals surface area contributed by atoms with Gasteiger partial charge in [-0.1, -0.05) is 6.92 Å². The van der Waals surface area contributed by atoms with Crippen molar-refractivity contribution >= 4 is 29.0 Å². The fraction of sp³-hybridized carbons (Fsp3) is 0.480. The number of likely N-dealkylation sites (tertiary alicyclic amines) is 1. The summed E-state index contributed by atoms with van der Waals surface area (Å²) in [5.74, 6) is 1.92. The quantitative estimate of drug-likeness (QED) is 0.415. The molecular formula is C25H34N6O4.